The molecule has 0 saturated heterocycles. The molecule has 1 N–H and O–H groups in total. The Morgan fingerprint density at radius 1 is 1.03 bits per heavy atom. The van der Waals surface area contributed by atoms with Crippen LogP contribution in [0.15, 0.2) is 59.2 Å². The molecule has 0 saturated carbocycles. The highest BCUT2D eigenvalue weighted by molar-refractivity contribution is 5.91. The van der Waals surface area contributed by atoms with Crippen molar-refractivity contribution >= 4 is 5.91 Å². The predicted molar refractivity (Wildman–Crippen MR) is 118 cm³/mol. The van der Waals surface area contributed by atoms with Gasteiger partial charge < -0.3 is 14.6 Å². The second kappa shape index (κ2) is 11.3. The van der Waals surface area contributed by atoms with Crippen molar-refractivity contribution < 1.29 is 26.8 Å². The SMILES string of the molecule is CN(C)CCNC(=O)c1coc(CN(Cc2cccc(F)c2)Cc2cccc(C(F)(F)F)c2)n1. The molecule has 0 atom stereocenters. The number of alkyl halides is 3. The average molecular weight is 478 g/mol. The largest absolute Gasteiger partial charge is 0.447 e. The van der Waals surface area contributed by atoms with Gasteiger partial charge in [0.1, 0.15) is 12.1 Å². The van der Waals surface area contributed by atoms with E-state index in [9.17, 15) is 22.4 Å². The van der Waals surface area contributed by atoms with Gasteiger partial charge in [0.25, 0.3) is 5.91 Å². The first-order valence-corrected chi connectivity index (χ1v) is 10.6. The predicted octanol–water partition coefficient (Wildman–Crippen LogP) is 4.33. The van der Waals surface area contributed by atoms with Crippen molar-refractivity contribution in [3.05, 3.63) is 88.9 Å². The van der Waals surface area contributed by atoms with Crippen molar-refractivity contribution in [2.75, 3.05) is 27.2 Å². The number of hydrogen-bond acceptors (Lipinski definition) is 5. The van der Waals surface area contributed by atoms with Gasteiger partial charge in [-0.25, -0.2) is 9.37 Å². The summed E-state index contributed by atoms with van der Waals surface area (Å²) in [4.78, 5) is 20.2. The van der Waals surface area contributed by atoms with Crippen LogP contribution < -0.4 is 5.32 Å². The van der Waals surface area contributed by atoms with Gasteiger partial charge in [-0.2, -0.15) is 13.2 Å². The van der Waals surface area contributed by atoms with Crippen molar-refractivity contribution in [2.24, 2.45) is 0 Å². The molecule has 0 spiro atoms. The number of benzene rings is 2. The monoisotopic (exact) mass is 478 g/mol. The summed E-state index contributed by atoms with van der Waals surface area (Å²) in [5, 5.41) is 2.74. The Labute approximate surface area is 195 Å². The number of carbonyl (C=O) groups excluding carboxylic acids is 1. The van der Waals surface area contributed by atoms with Gasteiger partial charge in [-0.1, -0.05) is 30.3 Å². The first-order valence-electron chi connectivity index (χ1n) is 10.6. The number of nitrogens with one attached hydrogen (secondary N) is 1. The number of aromatic nitrogens is 1. The summed E-state index contributed by atoms with van der Waals surface area (Å²) in [5.74, 6) is -0.572. The van der Waals surface area contributed by atoms with Gasteiger partial charge in [0.2, 0.25) is 5.89 Å². The Morgan fingerprint density at radius 2 is 1.71 bits per heavy atom. The molecule has 3 aromatic rings. The van der Waals surface area contributed by atoms with Gasteiger partial charge in [0.15, 0.2) is 5.69 Å². The quantitative estimate of drug-likeness (QED) is 0.440. The molecule has 0 unspecified atom stereocenters. The summed E-state index contributed by atoms with van der Waals surface area (Å²) in [6, 6.07) is 11.0. The van der Waals surface area contributed by atoms with Crippen LogP contribution in [0.3, 0.4) is 0 Å². The van der Waals surface area contributed by atoms with Gasteiger partial charge in [0, 0.05) is 26.2 Å². The highest BCUT2D eigenvalue weighted by Gasteiger charge is 2.30. The molecule has 0 aliphatic heterocycles. The lowest BCUT2D eigenvalue weighted by Gasteiger charge is -2.21. The van der Waals surface area contributed by atoms with Crippen LogP contribution in [0.25, 0.3) is 0 Å². The van der Waals surface area contributed by atoms with Crippen LogP contribution in [0.1, 0.15) is 33.1 Å². The molecule has 0 radical (unpaired) electrons. The van der Waals surface area contributed by atoms with Crippen LogP contribution in [0, 0.1) is 5.82 Å². The molecule has 6 nitrogen and oxygen atoms in total. The van der Waals surface area contributed by atoms with E-state index in [0.29, 0.717) is 24.2 Å². The number of halogens is 4. The van der Waals surface area contributed by atoms with Crippen molar-refractivity contribution in [2.45, 2.75) is 25.8 Å². The van der Waals surface area contributed by atoms with Gasteiger partial charge in [0.05, 0.1) is 12.1 Å². The van der Waals surface area contributed by atoms with Crippen LogP contribution in [0.5, 0.6) is 0 Å². The minimum Gasteiger partial charge on any atom is -0.447 e. The van der Waals surface area contributed by atoms with Crippen LogP contribution in [0.4, 0.5) is 17.6 Å². The fourth-order valence-corrected chi connectivity index (χ4v) is 3.33. The Balaban J connectivity index is 1.75. The first-order chi connectivity index (χ1) is 16.1. The second-order valence-electron chi connectivity index (χ2n) is 8.16. The highest BCUT2D eigenvalue weighted by Crippen LogP contribution is 2.30. The second-order valence-corrected chi connectivity index (χ2v) is 8.16. The van der Waals surface area contributed by atoms with E-state index in [1.807, 2.05) is 19.0 Å². The van der Waals surface area contributed by atoms with E-state index in [4.69, 9.17) is 4.42 Å². The topological polar surface area (TPSA) is 61.6 Å². The number of likely N-dealkylation sites (N-methyl/N-ethyl adjacent to an activating group) is 1. The number of hydrogen-bond donors (Lipinski definition) is 1. The van der Waals surface area contributed by atoms with E-state index in [2.05, 4.69) is 10.3 Å². The number of oxazole rings is 1. The molecule has 2 aromatic carbocycles. The van der Waals surface area contributed by atoms with E-state index in [0.717, 1.165) is 12.1 Å². The number of rotatable bonds is 10. The van der Waals surface area contributed by atoms with E-state index in [-0.39, 0.29) is 37.1 Å². The lowest BCUT2D eigenvalue weighted by molar-refractivity contribution is -0.137. The summed E-state index contributed by atoms with van der Waals surface area (Å²) in [5.41, 5.74) is 0.432. The zero-order valence-corrected chi connectivity index (χ0v) is 18.9. The lowest BCUT2D eigenvalue weighted by Crippen LogP contribution is -2.31. The lowest BCUT2D eigenvalue weighted by atomic mass is 10.1. The van der Waals surface area contributed by atoms with E-state index in [1.54, 1.807) is 23.1 Å². The van der Waals surface area contributed by atoms with E-state index < -0.39 is 17.6 Å². The van der Waals surface area contributed by atoms with E-state index in [1.165, 1.54) is 24.5 Å². The molecular weight excluding hydrogens is 452 g/mol. The Morgan fingerprint density at radius 3 is 2.35 bits per heavy atom. The fourth-order valence-electron chi connectivity index (χ4n) is 3.33. The normalized spacial score (nSPS) is 11.9. The molecular formula is C24H26F4N4O2. The third-order valence-electron chi connectivity index (χ3n) is 4.94. The summed E-state index contributed by atoms with van der Waals surface area (Å²) in [7, 11) is 3.77. The fraction of sp³-hybridized carbons (Fsp3) is 0.333. The van der Waals surface area contributed by atoms with Crippen molar-refractivity contribution in [3.8, 4) is 0 Å². The van der Waals surface area contributed by atoms with Crippen LogP contribution in [-0.4, -0.2) is 47.9 Å². The third kappa shape index (κ3) is 7.67. The molecule has 1 amide bonds. The molecule has 0 bridgehead atoms. The van der Waals surface area contributed by atoms with Crippen LogP contribution in [0.2, 0.25) is 0 Å². The Kier molecular flexibility index (Phi) is 8.41. The first kappa shape index (κ1) is 25.4. The van der Waals surface area contributed by atoms with Gasteiger partial charge in [-0.3, -0.25) is 9.69 Å². The maximum Gasteiger partial charge on any atom is 0.416 e. The molecule has 1 aromatic heterocycles. The summed E-state index contributed by atoms with van der Waals surface area (Å²) in [6.07, 6.45) is -3.22. The van der Waals surface area contributed by atoms with Crippen molar-refractivity contribution in [1.82, 2.24) is 20.1 Å². The molecule has 0 aliphatic carbocycles. The number of nitrogens with zero attached hydrogens (tertiary/aromatic N) is 3. The molecule has 1 heterocycles. The zero-order chi connectivity index (χ0) is 24.7. The summed E-state index contributed by atoms with van der Waals surface area (Å²) >= 11 is 0. The van der Waals surface area contributed by atoms with Crippen LogP contribution >= 0.6 is 0 Å². The Bertz CT molecular complexity index is 1100. The molecule has 0 aliphatic rings. The average Bonchev–Trinajstić information content (AvgIpc) is 3.21. The van der Waals surface area contributed by atoms with Gasteiger partial charge in [-0.15, -0.1) is 0 Å². The number of carbonyl (C=O) groups is 1. The maximum absolute atomic E-state index is 13.7. The number of amides is 1. The molecule has 182 valence electrons. The molecule has 3 rings (SSSR count). The highest BCUT2D eigenvalue weighted by atomic mass is 19.4. The van der Waals surface area contributed by atoms with Crippen LogP contribution in [-0.2, 0) is 25.8 Å². The molecule has 0 fully saturated rings. The van der Waals surface area contributed by atoms with E-state index >= 15 is 0 Å². The van der Waals surface area contributed by atoms with Crippen molar-refractivity contribution in [1.29, 1.82) is 0 Å². The van der Waals surface area contributed by atoms with Gasteiger partial charge in [-0.05, 0) is 43.4 Å². The minimum absolute atomic E-state index is 0.109. The smallest absolute Gasteiger partial charge is 0.416 e. The Hall–Kier alpha value is -3.24. The maximum atomic E-state index is 13.7. The zero-order valence-electron chi connectivity index (χ0n) is 18.9. The standard InChI is InChI=1S/C24H26F4N4O2/c1-31(2)10-9-29-23(33)21-16-34-22(30-21)15-32(14-18-6-4-8-20(25)12-18)13-17-5-3-7-19(11-17)24(26,27)28/h3-8,11-12,16H,9-10,13-15H2,1-2H3,(H,29,33). The molecule has 10 heteroatoms. The van der Waals surface area contributed by atoms with Gasteiger partial charge >= 0.3 is 6.18 Å². The summed E-state index contributed by atoms with van der Waals surface area (Å²) < 4.78 is 58.5. The van der Waals surface area contributed by atoms with Crippen molar-refractivity contribution in [3.63, 3.8) is 0 Å². The summed E-state index contributed by atoms with van der Waals surface area (Å²) in [6.45, 7) is 1.58. The minimum atomic E-state index is -4.46. The molecule has 34 heavy (non-hydrogen) atoms. The third-order valence-corrected chi connectivity index (χ3v) is 4.94.